The molecule has 1 aliphatic rings. The van der Waals surface area contributed by atoms with Crippen molar-refractivity contribution in [2.75, 3.05) is 53.5 Å². The van der Waals surface area contributed by atoms with Crippen LogP contribution in [0.4, 0.5) is 0 Å². The van der Waals surface area contributed by atoms with Crippen LogP contribution in [0, 0.1) is 0 Å². The third kappa shape index (κ3) is 4.85. The van der Waals surface area contributed by atoms with Gasteiger partial charge in [-0.1, -0.05) is 6.92 Å². The minimum atomic E-state index is -3.91. The van der Waals surface area contributed by atoms with Crippen LogP contribution in [-0.4, -0.2) is 89.7 Å². The molecule has 1 aromatic carbocycles. The van der Waals surface area contributed by atoms with Gasteiger partial charge in [0.2, 0.25) is 26.0 Å². The molecule has 1 aromatic rings. The van der Waals surface area contributed by atoms with Crippen molar-refractivity contribution < 1.29 is 26.4 Å². The van der Waals surface area contributed by atoms with Crippen LogP contribution in [0.25, 0.3) is 0 Å². The van der Waals surface area contributed by atoms with Gasteiger partial charge in [-0.2, -0.15) is 8.61 Å². The Kier molecular flexibility index (Phi) is 6.98. The summed E-state index contributed by atoms with van der Waals surface area (Å²) in [6.07, 6.45) is 0. The highest BCUT2D eigenvalue weighted by molar-refractivity contribution is 7.89. The van der Waals surface area contributed by atoms with Crippen molar-refractivity contribution >= 4 is 26.0 Å². The number of likely N-dealkylation sites (N-methyl/N-ethyl adjacent to an activating group) is 2. The molecule has 152 valence electrons. The van der Waals surface area contributed by atoms with Crippen LogP contribution in [0.1, 0.15) is 6.92 Å². The molecule has 0 bridgehead atoms. The second-order valence-electron chi connectivity index (χ2n) is 6.21. The number of amides is 1. The predicted octanol–water partition coefficient (Wildman–Crippen LogP) is -0.194. The van der Waals surface area contributed by atoms with E-state index < -0.39 is 20.0 Å². The molecule has 1 fully saturated rings. The lowest BCUT2D eigenvalue weighted by Gasteiger charge is -2.26. The first-order chi connectivity index (χ1) is 12.6. The molecular formula is C16H25N3O6S2. The van der Waals surface area contributed by atoms with Crippen molar-refractivity contribution in [2.45, 2.75) is 16.7 Å². The molecule has 0 aliphatic carbocycles. The first-order valence-electron chi connectivity index (χ1n) is 8.49. The lowest BCUT2D eigenvalue weighted by Crippen LogP contribution is -2.41. The fourth-order valence-electron chi connectivity index (χ4n) is 2.53. The van der Waals surface area contributed by atoms with Crippen LogP contribution in [0.3, 0.4) is 0 Å². The number of rotatable bonds is 7. The highest BCUT2D eigenvalue weighted by atomic mass is 32.2. The van der Waals surface area contributed by atoms with E-state index in [-0.39, 0.29) is 41.9 Å². The number of sulfonamides is 2. The van der Waals surface area contributed by atoms with Crippen molar-refractivity contribution in [3.05, 3.63) is 24.3 Å². The topological polar surface area (TPSA) is 104 Å². The largest absolute Gasteiger partial charge is 0.379 e. The maximum absolute atomic E-state index is 12.8. The zero-order valence-corrected chi connectivity index (χ0v) is 17.3. The summed E-state index contributed by atoms with van der Waals surface area (Å²) >= 11 is 0. The molecule has 27 heavy (non-hydrogen) atoms. The highest BCUT2D eigenvalue weighted by Gasteiger charge is 2.29. The highest BCUT2D eigenvalue weighted by Crippen LogP contribution is 2.21. The third-order valence-electron chi connectivity index (χ3n) is 4.23. The Bertz CT molecular complexity index is 860. The van der Waals surface area contributed by atoms with Gasteiger partial charge in [0.25, 0.3) is 0 Å². The van der Waals surface area contributed by atoms with Crippen molar-refractivity contribution in [2.24, 2.45) is 0 Å². The van der Waals surface area contributed by atoms with Crippen molar-refractivity contribution in [3.63, 3.8) is 0 Å². The molecule has 0 aromatic heterocycles. The van der Waals surface area contributed by atoms with Gasteiger partial charge < -0.3 is 9.64 Å². The monoisotopic (exact) mass is 419 g/mol. The summed E-state index contributed by atoms with van der Waals surface area (Å²) in [5.41, 5.74) is 0. The van der Waals surface area contributed by atoms with Gasteiger partial charge in [-0.25, -0.2) is 16.8 Å². The van der Waals surface area contributed by atoms with Crippen molar-refractivity contribution in [1.82, 2.24) is 13.5 Å². The van der Waals surface area contributed by atoms with E-state index in [1.807, 2.05) is 0 Å². The second kappa shape index (κ2) is 8.65. The predicted molar refractivity (Wildman–Crippen MR) is 99.1 cm³/mol. The first-order valence-corrected chi connectivity index (χ1v) is 11.4. The molecular weight excluding hydrogens is 394 g/mol. The number of morpholine rings is 1. The summed E-state index contributed by atoms with van der Waals surface area (Å²) in [4.78, 5) is 13.2. The molecule has 1 amide bonds. The Hall–Kier alpha value is -1.53. The normalized spacial score (nSPS) is 16.4. The third-order valence-corrected chi connectivity index (χ3v) is 8.08. The van der Waals surface area contributed by atoms with Crippen molar-refractivity contribution in [1.29, 1.82) is 0 Å². The van der Waals surface area contributed by atoms with E-state index in [0.717, 1.165) is 4.31 Å². The van der Waals surface area contributed by atoms with E-state index in [1.54, 1.807) is 21.0 Å². The van der Waals surface area contributed by atoms with Crippen LogP contribution in [0.2, 0.25) is 0 Å². The average molecular weight is 420 g/mol. The van der Waals surface area contributed by atoms with Gasteiger partial charge in [0.05, 0.1) is 29.5 Å². The molecule has 0 unspecified atom stereocenters. The molecule has 2 rings (SSSR count). The zero-order valence-electron chi connectivity index (χ0n) is 15.7. The zero-order chi connectivity index (χ0) is 20.2. The second-order valence-corrected chi connectivity index (χ2v) is 10.1. The number of hydrogen-bond donors (Lipinski definition) is 0. The summed E-state index contributed by atoms with van der Waals surface area (Å²) in [7, 11) is -4.51. The summed E-state index contributed by atoms with van der Waals surface area (Å²) in [5, 5.41) is 0. The molecule has 1 heterocycles. The van der Waals surface area contributed by atoms with Gasteiger partial charge in [-0.3, -0.25) is 4.79 Å². The van der Waals surface area contributed by atoms with Crippen molar-refractivity contribution in [3.8, 4) is 0 Å². The quantitative estimate of drug-likeness (QED) is 0.607. The molecule has 9 nitrogen and oxygen atoms in total. The minimum absolute atomic E-state index is 0.0239. The van der Waals surface area contributed by atoms with Gasteiger partial charge in [0, 0.05) is 33.7 Å². The number of hydrogen-bond acceptors (Lipinski definition) is 6. The molecule has 1 saturated heterocycles. The fourth-order valence-corrected chi connectivity index (χ4v) is 5.33. The lowest BCUT2D eigenvalue weighted by molar-refractivity contribution is -0.128. The van der Waals surface area contributed by atoms with E-state index in [0.29, 0.717) is 13.2 Å². The van der Waals surface area contributed by atoms with Crippen LogP contribution in [0.15, 0.2) is 34.1 Å². The van der Waals surface area contributed by atoms with E-state index in [4.69, 9.17) is 4.74 Å². The average Bonchev–Trinajstić information content (AvgIpc) is 2.66. The Labute approximate surface area is 160 Å². The molecule has 11 heteroatoms. The Morgan fingerprint density at radius 3 is 2.04 bits per heavy atom. The van der Waals surface area contributed by atoms with Gasteiger partial charge >= 0.3 is 0 Å². The van der Waals surface area contributed by atoms with E-state index in [1.165, 1.54) is 33.5 Å². The van der Waals surface area contributed by atoms with Crippen LogP contribution >= 0.6 is 0 Å². The van der Waals surface area contributed by atoms with Crippen LogP contribution < -0.4 is 0 Å². The summed E-state index contributed by atoms with van der Waals surface area (Å²) in [5.74, 6) is -0.341. The molecule has 0 atom stereocenters. The van der Waals surface area contributed by atoms with E-state index in [2.05, 4.69) is 0 Å². The van der Waals surface area contributed by atoms with E-state index in [9.17, 15) is 21.6 Å². The smallest absolute Gasteiger partial charge is 0.243 e. The molecule has 0 spiro atoms. The number of carbonyl (C=O) groups excluding carboxylic acids is 1. The maximum Gasteiger partial charge on any atom is 0.243 e. The number of benzene rings is 1. The molecule has 0 radical (unpaired) electrons. The number of nitrogens with zero attached hydrogens (tertiary/aromatic N) is 3. The fraction of sp³-hybridized carbons (Fsp3) is 0.562. The standard InChI is InChI=1S/C16H25N3O6S2/c1-4-18(13-16(20)17(2)3)26(21,22)14-5-7-15(8-6-14)27(23,24)19-9-11-25-12-10-19/h5-8H,4,9-13H2,1-3H3. The number of ether oxygens (including phenoxy) is 1. The first kappa shape index (κ1) is 21.8. The molecule has 0 saturated carbocycles. The maximum atomic E-state index is 12.8. The Morgan fingerprint density at radius 1 is 1.04 bits per heavy atom. The van der Waals surface area contributed by atoms with Gasteiger partial charge in [-0.05, 0) is 24.3 Å². The summed E-state index contributed by atoms with van der Waals surface area (Å²) in [6, 6.07) is 5.06. The molecule has 0 N–H and O–H groups in total. The van der Waals surface area contributed by atoms with Crippen LogP contribution in [0.5, 0.6) is 0 Å². The SMILES string of the molecule is CCN(CC(=O)N(C)C)S(=O)(=O)c1ccc(S(=O)(=O)N2CCOCC2)cc1. The van der Waals surface area contributed by atoms with E-state index >= 15 is 0 Å². The number of carbonyl (C=O) groups is 1. The summed E-state index contributed by atoms with van der Waals surface area (Å²) in [6.45, 7) is 2.67. The minimum Gasteiger partial charge on any atom is -0.379 e. The molecule has 1 aliphatic heterocycles. The Morgan fingerprint density at radius 2 is 1.56 bits per heavy atom. The van der Waals surface area contributed by atoms with Gasteiger partial charge in [0.1, 0.15) is 0 Å². The summed E-state index contributed by atoms with van der Waals surface area (Å²) < 4.78 is 58.3. The van der Waals surface area contributed by atoms with Gasteiger partial charge in [-0.15, -0.1) is 0 Å². The lowest BCUT2D eigenvalue weighted by atomic mass is 10.4. The van der Waals surface area contributed by atoms with Gasteiger partial charge in [0.15, 0.2) is 0 Å². The Balaban J connectivity index is 2.25. The van der Waals surface area contributed by atoms with Crippen LogP contribution in [-0.2, 0) is 29.6 Å².